The molecule has 2 aromatic carbocycles. The predicted octanol–water partition coefficient (Wildman–Crippen LogP) is 5.24. The summed E-state index contributed by atoms with van der Waals surface area (Å²) >= 11 is 0. The molecule has 0 bridgehead atoms. The molecule has 0 spiro atoms. The molecular weight excluding hydrogens is 260 g/mol. The van der Waals surface area contributed by atoms with Gasteiger partial charge in [0.05, 0.1) is 13.2 Å². The Morgan fingerprint density at radius 1 is 0.952 bits per heavy atom. The average molecular weight is 286 g/mol. The molecule has 0 heterocycles. The fraction of sp³-hybridized carbons (Fsp3) is 0.474. The van der Waals surface area contributed by atoms with Crippen molar-refractivity contribution >= 4 is 10.8 Å². The fourth-order valence-electron chi connectivity index (χ4n) is 2.86. The summed E-state index contributed by atoms with van der Waals surface area (Å²) in [5.74, 6) is 0.865. The normalized spacial score (nSPS) is 12.5. The van der Waals surface area contributed by atoms with E-state index >= 15 is 0 Å². The fourth-order valence-corrected chi connectivity index (χ4v) is 2.86. The highest BCUT2D eigenvalue weighted by Gasteiger charge is 2.13. The molecule has 0 aliphatic heterocycles. The topological polar surface area (TPSA) is 29.5 Å². The number of ether oxygens (including phenoxy) is 1. The molecule has 1 atom stereocenters. The Morgan fingerprint density at radius 2 is 1.67 bits per heavy atom. The molecule has 1 N–H and O–H groups in total. The molecule has 0 radical (unpaired) electrons. The van der Waals surface area contributed by atoms with Gasteiger partial charge in [-0.3, -0.25) is 0 Å². The molecule has 2 heteroatoms. The van der Waals surface area contributed by atoms with Crippen LogP contribution in [0.4, 0.5) is 0 Å². The molecule has 0 aliphatic rings. The molecule has 2 nitrogen and oxygen atoms in total. The Hall–Kier alpha value is -1.54. The van der Waals surface area contributed by atoms with Gasteiger partial charge in [0.2, 0.25) is 0 Å². The lowest BCUT2D eigenvalue weighted by atomic mass is 9.96. The average Bonchev–Trinajstić information content (AvgIpc) is 2.53. The molecule has 2 aromatic rings. The van der Waals surface area contributed by atoms with E-state index in [2.05, 4.69) is 13.0 Å². The third-order valence-electron chi connectivity index (χ3n) is 4.08. The van der Waals surface area contributed by atoms with Crippen molar-refractivity contribution in [3.8, 4) is 5.75 Å². The van der Waals surface area contributed by atoms with Gasteiger partial charge in [-0.15, -0.1) is 0 Å². The first-order valence-electron chi connectivity index (χ1n) is 8.01. The molecule has 0 saturated carbocycles. The summed E-state index contributed by atoms with van der Waals surface area (Å²) in [5, 5.41) is 12.7. The van der Waals surface area contributed by atoms with Gasteiger partial charge in [0.1, 0.15) is 5.75 Å². The van der Waals surface area contributed by atoms with E-state index in [1.165, 1.54) is 25.7 Å². The minimum absolute atomic E-state index is 0.387. The lowest BCUT2D eigenvalue weighted by molar-refractivity contribution is 0.165. The Morgan fingerprint density at radius 3 is 2.38 bits per heavy atom. The maximum atomic E-state index is 10.5. The number of methoxy groups -OCH3 is 1. The van der Waals surface area contributed by atoms with Gasteiger partial charge in [0, 0.05) is 5.39 Å². The van der Waals surface area contributed by atoms with Crippen LogP contribution in [0.2, 0.25) is 0 Å². The number of fused-ring (bicyclic) bond motifs is 1. The lowest BCUT2D eigenvalue weighted by Crippen LogP contribution is -1.99. The van der Waals surface area contributed by atoms with E-state index in [4.69, 9.17) is 4.74 Å². The third-order valence-corrected chi connectivity index (χ3v) is 4.08. The third kappa shape index (κ3) is 3.98. The van der Waals surface area contributed by atoms with Crippen LogP contribution >= 0.6 is 0 Å². The predicted molar refractivity (Wildman–Crippen MR) is 88.8 cm³/mol. The van der Waals surface area contributed by atoms with Crippen LogP contribution in [0.3, 0.4) is 0 Å². The number of rotatable bonds is 8. The summed E-state index contributed by atoms with van der Waals surface area (Å²) in [6.07, 6.45) is 6.56. The number of hydrogen-bond donors (Lipinski definition) is 1. The van der Waals surface area contributed by atoms with Crippen molar-refractivity contribution in [2.75, 3.05) is 7.11 Å². The number of hydrogen-bond acceptors (Lipinski definition) is 2. The van der Waals surface area contributed by atoms with E-state index < -0.39 is 0 Å². The Bertz CT molecular complexity index is 562. The van der Waals surface area contributed by atoms with Gasteiger partial charge in [-0.05, 0) is 23.4 Å². The number of benzene rings is 2. The van der Waals surface area contributed by atoms with Crippen molar-refractivity contribution < 1.29 is 9.84 Å². The highest BCUT2D eigenvalue weighted by atomic mass is 16.5. The maximum absolute atomic E-state index is 10.5. The van der Waals surface area contributed by atoms with Crippen molar-refractivity contribution in [3.05, 3.63) is 42.0 Å². The second-order valence-corrected chi connectivity index (χ2v) is 5.62. The molecule has 0 aliphatic carbocycles. The van der Waals surface area contributed by atoms with E-state index in [1.54, 1.807) is 7.11 Å². The van der Waals surface area contributed by atoms with Gasteiger partial charge < -0.3 is 9.84 Å². The van der Waals surface area contributed by atoms with Crippen LogP contribution in [0.1, 0.15) is 57.1 Å². The van der Waals surface area contributed by atoms with Crippen LogP contribution in [-0.2, 0) is 0 Å². The molecule has 0 saturated heterocycles. The smallest absolute Gasteiger partial charge is 0.126 e. The van der Waals surface area contributed by atoms with Crippen molar-refractivity contribution in [1.29, 1.82) is 0 Å². The first kappa shape index (κ1) is 15.8. The zero-order valence-corrected chi connectivity index (χ0v) is 13.1. The Balaban J connectivity index is 2.10. The quantitative estimate of drug-likeness (QED) is 0.672. The monoisotopic (exact) mass is 286 g/mol. The number of aliphatic hydroxyl groups is 1. The molecule has 0 amide bonds. The van der Waals surface area contributed by atoms with Gasteiger partial charge in [-0.2, -0.15) is 0 Å². The molecule has 0 fully saturated rings. The van der Waals surface area contributed by atoms with Gasteiger partial charge in [0.25, 0.3) is 0 Å². The Kier molecular flexibility index (Phi) is 6.06. The lowest BCUT2D eigenvalue weighted by Gasteiger charge is -2.15. The Labute approximate surface area is 127 Å². The summed E-state index contributed by atoms with van der Waals surface area (Å²) in [6.45, 7) is 2.22. The van der Waals surface area contributed by atoms with Crippen LogP contribution in [-0.4, -0.2) is 12.2 Å². The summed E-state index contributed by atoms with van der Waals surface area (Å²) in [5.41, 5.74) is 1.02. The minimum Gasteiger partial charge on any atom is -0.496 e. The van der Waals surface area contributed by atoms with Gasteiger partial charge >= 0.3 is 0 Å². The van der Waals surface area contributed by atoms with Crippen LogP contribution in [0.15, 0.2) is 36.4 Å². The second-order valence-electron chi connectivity index (χ2n) is 5.62. The van der Waals surface area contributed by atoms with Gasteiger partial charge in [-0.1, -0.05) is 69.4 Å². The molecule has 21 heavy (non-hydrogen) atoms. The minimum atomic E-state index is -0.387. The SMILES string of the molecule is CCCCCCCC(O)c1ccc(OC)c2ccccc12. The van der Waals surface area contributed by atoms with E-state index in [9.17, 15) is 5.11 Å². The van der Waals surface area contributed by atoms with E-state index in [-0.39, 0.29) is 6.10 Å². The zero-order chi connectivity index (χ0) is 15.1. The zero-order valence-electron chi connectivity index (χ0n) is 13.1. The van der Waals surface area contributed by atoms with E-state index in [0.717, 1.165) is 34.9 Å². The summed E-state index contributed by atoms with van der Waals surface area (Å²) < 4.78 is 5.41. The summed E-state index contributed by atoms with van der Waals surface area (Å²) in [4.78, 5) is 0. The summed E-state index contributed by atoms with van der Waals surface area (Å²) in [6, 6.07) is 12.1. The molecular formula is C19H26O2. The molecule has 114 valence electrons. The van der Waals surface area contributed by atoms with Crippen LogP contribution in [0.25, 0.3) is 10.8 Å². The van der Waals surface area contributed by atoms with Gasteiger partial charge in [-0.25, -0.2) is 0 Å². The van der Waals surface area contributed by atoms with Crippen LogP contribution in [0, 0.1) is 0 Å². The largest absolute Gasteiger partial charge is 0.496 e. The number of unbranched alkanes of at least 4 members (excludes halogenated alkanes) is 4. The van der Waals surface area contributed by atoms with Crippen LogP contribution in [0.5, 0.6) is 5.75 Å². The standard InChI is InChI=1S/C19H26O2/c1-3-4-5-6-7-12-18(20)16-13-14-19(21-2)17-11-9-8-10-15(16)17/h8-11,13-14,18,20H,3-7,12H2,1-2H3. The molecule has 1 unspecified atom stereocenters. The van der Waals surface area contributed by atoms with Crippen molar-refractivity contribution in [3.63, 3.8) is 0 Å². The van der Waals surface area contributed by atoms with E-state index in [1.807, 2.05) is 30.3 Å². The van der Waals surface area contributed by atoms with Crippen LogP contribution < -0.4 is 4.74 Å². The maximum Gasteiger partial charge on any atom is 0.126 e. The first-order valence-corrected chi connectivity index (χ1v) is 8.01. The van der Waals surface area contributed by atoms with E-state index in [0.29, 0.717) is 0 Å². The van der Waals surface area contributed by atoms with Crippen molar-refractivity contribution in [2.24, 2.45) is 0 Å². The summed E-state index contributed by atoms with van der Waals surface area (Å²) in [7, 11) is 1.69. The second kappa shape index (κ2) is 8.04. The van der Waals surface area contributed by atoms with Crippen molar-refractivity contribution in [1.82, 2.24) is 0 Å². The number of aliphatic hydroxyl groups excluding tert-OH is 1. The first-order chi connectivity index (χ1) is 10.3. The highest BCUT2D eigenvalue weighted by Crippen LogP contribution is 2.33. The highest BCUT2D eigenvalue weighted by molar-refractivity contribution is 5.91. The van der Waals surface area contributed by atoms with Gasteiger partial charge in [0.15, 0.2) is 0 Å². The molecule has 0 aromatic heterocycles. The molecule has 2 rings (SSSR count). The van der Waals surface area contributed by atoms with Crippen molar-refractivity contribution in [2.45, 2.75) is 51.6 Å².